The Kier molecular flexibility index (Phi) is 4.61. The highest BCUT2D eigenvalue weighted by Crippen LogP contribution is 2.59. The summed E-state index contributed by atoms with van der Waals surface area (Å²) in [4.78, 5) is 0. The molecule has 0 aromatic heterocycles. The topological polar surface area (TPSA) is 0 Å². The molecule has 0 aliphatic carbocycles. The molecular weight excluding hydrogens is 350 g/mol. The summed E-state index contributed by atoms with van der Waals surface area (Å²) in [6, 6.07) is 0. The van der Waals surface area contributed by atoms with E-state index in [9.17, 15) is 61.5 Å². The van der Waals surface area contributed by atoms with Gasteiger partial charge in [0.2, 0.25) is 5.83 Å². The number of halogens is 14. The van der Waals surface area contributed by atoms with Crippen molar-refractivity contribution in [3.05, 3.63) is 11.9 Å². The first kappa shape index (κ1) is 19.8. The summed E-state index contributed by atoms with van der Waals surface area (Å²) < 4.78 is 169. The molecular formula is C7F14. The zero-order valence-corrected chi connectivity index (χ0v) is 8.79. The van der Waals surface area contributed by atoms with Crippen LogP contribution >= 0.6 is 0 Å². The molecule has 0 saturated heterocycles. The SMILES string of the molecule is FC(F)=C(F)C(F)(F)C(F)(F)C(F)(F)C(F)(F)C(F)(F)F. The average Bonchev–Trinajstić information content (AvgIpc) is 2.25. The van der Waals surface area contributed by atoms with Gasteiger partial charge in [0.05, 0.1) is 0 Å². The fourth-order valence-corrected chi connectivity index (χ4v) is 0.829. The minimum absolute atomic E-state index is 4.30. The van der Waals surface area contributed by atoms with Gasteiger partial charge in [0.25, 0.3) is 0 Å². The molecule has 0 nitrogen and oxygen atoms in total. The molecule has 0 aromatic rings. The monoisotopic (exact) mass is 350 g/mol. The summed E-state index contributed by atoms with van der Waals surface area (Å²) in [5.74, 6) is -35.4. The van der Waals surface area contributed by atoms with Gasteiger partial charge in [0.1, 0.15) is 0 Å². The van der Waals surface area contributed by atoms with E-state index in [2.05, 4.69) is 0 Å². The minimum atomic E-state index is -7.92. The lowest BCUT2D eigenvalue weighted by atomic mass is 9.97. The fraction of sp³-hybridized carbons (Fsp3) is 0.714. The molecule has 0 spiro atoms. The largest absolute Gasteiger partial charge is 0.460 e. The number of allylic oxidation sites excluding steroid dienone is 1. The number of alkyl halides is 11. The van der Waals surface area contributed by atoms with Gasteiger partial charge >= 0.3 is 35.9 Å². The molecule has 0 fully saturated rings. The smallest absolute Gasteiger partial charge is 0.199 e. The van der Waals surface area contributed by atoms with Crippen LogP contribution in [0.1, 0.15) is 0 Å². The normalized spacial score (nSPS) is 15.1. The Labute approximate surface area is 105 Å². The van der Waals surface area contributed by atoms with Gasteiger partial charge in [0, 0.05) is 0 Å². The second-order valence-electron chi connectivity index (χ2n) is 3.37. The van der Waals surface area contributed by atoms with Crippen molar-refractivity contribution in [3.63, 3.8) is 0 Å². The van der Waals surface area contributed by atoms with Crippen LogP contribution in [0.2, 0.25) is 0 Å². The van der Waals surface area contributed by atoms with Crippen LogP contribution in [0.15, 0.2) is 11.9 Å². The molecule has 0 bridgehead atoms. The van der Waals surface area contributed by atoms with Gasteiger partial charge < -0.3 is 0 Å². The summed E-state index contributed by atoms with van der Waals surface area (Å²) >= 11 is 0. The van der Waals surface area contributed by atoms with Crippen LogP contribution < -0.4 is 0 Å². The number of hydrogen-bond acceptors (Lipinski definition) is 0. The van der Waals surface area contributed by atoms with Crippen LogP contribution in [-0.4, -0.2) is 29.9 Å². The molecule has 126 valence electrons. The molecule has 0 aliphatic heterocycles. The summed E-state index contributed by atoms with van der Waals surface area (Å²) in [6.45, 7) is 0. The first-order valence-electron chi connectivity index (χ1n) is 4.15. The number of rotatable bonds is 4. The highest BCUT2D eigenvalue weighted by atomic mass is 19.4. The van der Waals surface area contributed by atoms with E-state index in [1.165, 1.54) is 0 Å². The van der Waals surface area contributed by atoms with E-state index in [-0.39, 0.29) is 0 Å². The highest BCUT2D eigenvalue weighted by Gasteiger charge is 2.88. The van der Waals surface area contributed by atoms with Crippen LogP contribution in [0.3, 0.4) is 0 Å². The van der Waals surface area contributed by atoms with E-state index >= 15 is 0 Å². The Balaban J connectivity index is 6.20. The Morgan fingerprint density at radius 3 is 1.05 bits per heavy atom. The van der Waals surface area contributed by atoms with Gasteiger partial charge in [0.15, 0.2) is 0 Å². The molecule has 0 N–H and O–H groups in total. The van der Waals surface area contributed by atoms with Crippen LogP contribution in [0.5, 0.6) is 0 Å². The average molecular weight is 350 g/mol. The quantitative estimate of drug-likeness (QED) is 0.614. The maximum atomic E-state index is 12.5. The molecule has 0 unspecified atom stereocenters. The van der Waals surface area contributed by atoms with E-state index in [4.69, 9.17) is 0 Å². The van der Waals surface area contributed by atoms with Crippen molar-refractivity contribution < 1.29 is 61.5 Å². The highest BCUT2D eigenvalue weighted by molar-refractivity contribution is 5.17. The maximum absolute atomic E-state index is 12.5. The maximum Gasteiger partial charge on any atom is 0.460 e. The first-order chi connectivity index (χ1) is 8.85. The van der Waals surface area contributed by atoms with Gasteiger partial charge in [-0.1, -0.05) is 0 Å². The van der Waals surface area contributed by atoms with E-state index in [0.29, 0.717) is 0 Å². The fourth-order valence-electron chi connectivity index (χ4n) is 0.829. The Hall–Kier alpha value is -1.24. The van der Waals surface area contributed by atoms with Gasteiger partial charge in [-0.25, -0.2) is 0 Å². The van der Waals surface area contributed by atoms with Gasteiger partial charge in [-0.05, 0) is 0 Å². The van der Waals surface area contributed by atoms with E-state index in [0.717, 1.165) is 0 Å². The number of hydrogen-bond donors (Lipinski definition) is 0. The third-order valence-corrected chi connectivity index (χ3v) is 1.98. The van der Waals surface area contributed by atoms with Crippen molar-refractivity contribution in [1.82, 2.24) is 0 Å². The molecule has 0 aromatic carbocycles. The van der Waals surface area contributed by atoms with Crippen LogP contribution in [0.25, 0.3) is 0 Å². The summed E-state index contributed by atoms with van der Waals surface area (Å²) in [5.41, 5.74) is 0. The Morgan fingerprint density at radius 1 is 0.476 bits per heavy atom. The van der Waals surface area contributed by atoms with E-state index in [1.54, 1.807) is 0 Å². The van der Waals surface area contributed by atoms with Crippen LogP contribution in [-0.2, 0) is 0 Å². The zero-order valence-electron chi connectivity index (χ0n) is 8.79. The van der Waals surface area contributed by atoms with Crippen molar-refractivity contribution in [3.8, 4) is 0 Å². The first-order valence-corrected chi connectivity index (χ1v) is 4.15. The van der Waals surface area contributed by atoms with Gasteiger partial charge in [-0.3, -0.25) is 0 Å². The van der Waals surface area contributed by atoms with Crippen molar-refractivity contribution in [2.75, 3.05) is 0 Å². The predicted octanol–water partition coefficient (Wildman–Crippen LogP) is 5.17. The Morgan fingerprint density at radius 2 is 0.810 bits per heavy atom. The second-order valence-corrected chi connectivity index (χ2v) is 3.37. The lowest BCUT2D eigenvalue weighted by molar-refractivity contribution is -0.419. The molecule has 0 rings (SSSR count). The van der Waals surface area contributed by atoms with Crippen molar-refractivity contribution >= 4 is 0 Å². The molecule has 0 heterocycles. The van der Waals surface area contributed by atoms with E-state index in [1.807, 2.05) is 0 Å². The minimum Gasteiger partial charge on any atom is -0.199 e. The molecule has 0 saturated carbocycles. The molecule has 0 atom stereocenters. The molecule has 0 amide bonds. The summed E-state index contributed by atoms with van der Waals surface area (Å²) in [7, 11) is 0. The molecule has 0 aliphatic rings. The van der Waals surface area contributed by atoms with E-state index < -0.39 is 41.8 Å². The molecule has 21 heavy (non-hydrogen) atoms. The Bertz CT molecular complexity index is 421. The zero-order chi connectivity index (χ0) is 17.7. The summed E-state index contributed by atoms with van der Waals surface area (Å²) in [6.07, 6.45) is -11.7. The van der Waals surface area contributed by atoms with Crippen molar-refractivity contribution in [2.45, 2.75) is 29.9 Å². The third-order valence-electron chi connectivity index (χ3n) is 1.98. The van der Waals surface area contributed by atoms with Gasteiger partial charge in [-0.15, -0.1) is 0 Å². The third kappa shape index (κ3) is 2.63. The molecule has 14 heteroatoms. The lowest BCUT2D eigenvalue weighted by Gasteiger charge is -2.36. The van der Waals surface area contributed by atoms with Crippen molar-refractivity contribution in [1.29, 1.82) is 0 Å². The van der Waals surface area contributed by atoms with Crippen molar-refractivity contribution in [2.24, 2.45) is 0 Å². The summed E-state index contributed by atoms with van der Waals surface area (Å²) in [5, 5.41) is 0. The van der Waals surface area contributed by atoms with Gasteiger partial charge in [-0.2, -0.15) is 61.5 Å². The van der Waals surface area contributed by atoms with Crippen LogP contribution in [0, 0.1) is 0 Å². The molecule has 0 radical (unpaired) electrons. The second kappa shape index (κ2) is 4.90. The van der Waals surface area contributed by atoms with Crippen LogP contribution in [0.4, 0.5) is 61.5 Å². The standard InChI is InChI=1S/C7F14/c8-1(2(9)10)3(11,12)4(13,14)5(15,16)6(17,18)7(19,20)21. The lowest BCUT2D eigenvalue weighted by Crippen LogP contribution is -2.66. The predicted molar refractivity (Wildman–Crippen MR) is 36.2 cm³/mol.